The second kappa shape index (κ2) is 9.56. The highest BCUT2D eigenvalue weighted by atomic mass is 32.1. The number of para-hydroxylation sites is 1. The molecule has 35 heavy (non-hydrogen) atoms. The van der Waals surface area contributed by atoms with Crippen molar-refractivity contribution in [3.05, 3.63) is 111 Å². The summed E-state index contributed by atoms with van der Waals surface area (Å²) in [5.74, 6) is -0.514. The second-order valence-corrected chi connectivity index (χ2v) is 9.05. The summed E-state index contributed by atoms with van der Waals surface area (Å²) >= 11 is 1.58. The van der Waals surface area contributed by atoms with E-state index in [1.165, 1.54) is 12.1 Å². The van der Waals surface area contributed by atoms with Gasteiger partial charge in [0.25, 0.3) is 0 Å². The molecule has 0 saturated carbocycles. The molecule has 0 saturated heterocycles. The van der Waals surface area contributed by atoms with Crippen molar-refractivity contribution in [2.75, 3.05) is 0 Å². The third-order valence-electron chi connectivity index (χ3n) is 5.80. The van der Waals surface area contributed by atoms with Crippen molar-refractivity contribution in [2.45, 2.75) is 20.5 Å². The van der Waals surface area contributed by atoms with Crippen molar-refractivity contribution in [1.29, 1.82) is 0 Å². The molecule has 3 heterocycles. The number of hydrogen-bond donors (Lipinski definition) is 0. The minimum atomic E-state index is -0.514. The lowest BCUT2D eigenvalue weighted by atomic mass is 10.0. The molecule has 7 heteroatoms. The maximum atomic E-state index is 12.6. The topological polar surface area (TPSA) is 74.3 Å². The summed E-state index contributed by atoms with van der Waals surface area (Å²) in [6.07, 6.45) is 4.97. The molecule has 0 radical (unpaired) electrons. The third kappa shape index (κ3) is 4.72. The zero-order chi connectivity index (χ0) is 24.4. The Hall–Kier alpha value is -4.23. The Morgan fingerprint density at radius 1 is 1.11 bits per heavy atom. The number of ether oxygens (including phenoxy) is 1. The predicted octanol–water partition coefficient (Wildman–Crippen LogP) is 6.08. The van der Waals surface area contributed by atoms with Gasteiger partial charge in [0.2, 0.25) is 0 Å². The first-order valence-corrected chi connectivity index (χ1v) is 11.9. The molecule has 0 spiro atoms. The first-order chi connectivity index (χ1) is 17.0. The van der Waals surface area contributed by atoms with Crippen LogP contribution in [0.3, 0.4) is 0 Å². The molecule has 5 rings (SSSR count). The number of nitrogens with zero attached hydrogens (tertiary/aromatic N) is 2. The molecule has 0 fully saturated rings. The fourth-order valence-corrected chi connectivity index (χ4v) is 4.56. The van der Waals surface area contributed by atoms with Crippen LogP contribution in [-0.4, -0.2) is 15.7 Å². The number of thiophene rings is 1. The van der Waals surface area contributed by atoms with Crippen LogP contribution < -0.4 is 5.63 Å². The molecular weight excluding hydrogens is 460 g/mol. The molecule has 174 valence electrons. The van der Waals surface area contributed by atoms with Crippen molar-refractivity contribution >= 4 is 34.4 Å². The number of rotatable bonds is 6. The van der Waals surface area contributed by atoms with Gasteiger partial charge in [-0.2, -0.15) is 5.10 Å². The van der Waals surface area contributed by atoms with E-state index in [1.54, 1.807) is 22.1 Å². The highest BCUT2D eigenvalue weighted by Crippen LogP contribution is 2.29. The van der Waals surface area contributed by atoms with Gasteiger partial charge in [-0.25, -0.2) is 14.3 Å². The molecule has 0 aliphatic heterocycles. The molecule has 2 aromatic carbocycles. The molecule has 0 bridgehead atoms. The van der Waals surface area contributed by atoms with Crippen LogP contribution in [-0.2, 0) is 16.1 Å². The van der Waals surface area contributed by atoms with Crippen molar-refractivity contribution in [3.8, 4) is 16.3 Å². The Morgan fingerprint density at radius 2 is 1.94 bits per heavy atom. The Kier molecular flexibility index (Phi) is 6.16. The molecule has 0 aliphatic rings. The number of hydrogen-bond acceptors (Lipinski definition) is 6. The van der Waals surface area contributed by atoms with Crippen molar-refractivity contribution in [2.24, 2.45) is 0 Å². The Labute approximate surface area is 205 Å². The minimum absolute atomic E-state index is 0.0329. The van der Waals surface area contributed by atoms with Gasteiger partial charge in [-0.3, -0.25) is 0 Å². The second-order valence-electron chi connectivity index (χ2n) is 8.11. The van der Waals surface area contributed by atoms with Crippen LogP contribution in [0.2, 0.25) is 0 Å². The molecule has 5 aromatic rings. The Morgan fingerprint density at radius 3 is 2.71 bits per heavy atom. The number of carbonyl (C=O) groups is 1. The lowest BCUT2D eigenvalue weighted by Gasteiger charge is -2.09. The summed E-state index contributed by atoms with van der Waals surface area (Å²) in [6, 6.07) is 19.0. The van der Waals surface area contributed by atoms with E-state index in [2.05, 4.69) is 0 Å². The molecule has 6 nitrogen and oxygen atoms in total. The van der Waals surface area contributed by atoms with Crippen LogP contribution in [0.5, 0.6) is 0 Å². The predicted molar refractivity (Wildman–Crippen MR) is 138 cm³/mol. The number of aromatic nitrogens is 2. The molecule has 0 atom stereocenters. The van der Waals surface area contributed by atoms with Gasteiger partial charge in [0.05, 0.1) is 10.6 Å². The lowest BCUT2D eigenvalue weighted by Crippen LogP contribution is -2.06. The Bertz CT molecular complexity index is 1600. The SMILES string of the molecule is Cc1ccc2c(COC(=O)C=Cc3cn(-c4ccccc4)nc3-c3cccs3)cc(=O)oc2c1C. The smallest absolute Gasteiger partial charge is 0.336 e. The van der Waals surface area contributed by atoms with Crippen molar-refractivity contribution in [1.82, 2.24) is 9.78 Å². The van der Waals surface area contributed by atoms with E-state index in [4.69, 9.17) is 14.3 Å². The Balaban J connectivity index is 1.38. The van der Waals surface area contributed by atoms with Crippen LogP contribution in [0.4, 0.5) is 0 Å². The largest absolute Gasteiger partial charge is 0.458 e. The van der Waals surface area contributed by atoms with E-state index in [9.17, 15) is 9.59 Å². The van der Waals surface area contributed by atoms with E-state index in [0.717, 1.165) is 38.3 Å². The van der Waals surface area contributed by atoms with Gasteiger partial charge in [0.1, 0.15) is 17.9 Å². The molecule has 0 amide bonds. The number of benzene rings is 2. The van der Waals surface area contributed by atoms with Crippen LogP contribution >= 0.6 is 11.3 Å². The van der Waals surface area contributed by atoms with Gasteiger partial charge in [0.15, 0.2) is 0 Å². The quantitative estimate of drug-likeness (QED) is 0.167. The molecule has 0 N–H and O–H groups in total. The fraction of sp³-hybridized carbons (Fsp3) is 0.107. The average Bonchev–Trinajstić information content (AvgIpc) is 3.54. The van der Waals surface area contributed by atoms with E-state index in [-0.39, 0.29) is 6.61 Å². The van der Waals surface area contributed by atoms with E-state index >= 15 is 0 Å². The lowest BCUT2D eigenvalue weighted by molar-refractivity contribution is -0.138. The van der Waals surface area contributed by atoms with E-state index in [0.29, 0.717) is 11.1 Å². The van der Waals surface area contributed by atoms with Crippen LogP contribution in [0.15, 0.2) is 87.5 Å². The summed E-state index contributed by atoms with van der Waals surface area (Å²) < 4.78 is 12.7. The normalized spacial score (nSPS) is 11.4. The first-order valence-electron chi connectivity index (χ1n) is 11.1. The van der Waals surface area contributed by atoms with Crippen LogP contribution in [0.1, 0.15) is 22.3 Å². The first kappa shape index (κ1) is 22.6. The van der Waals surface area contributed by atoms with Crippen LogP contribution in [0, 0.1) is 13.8 Å². The van der Waals surface area contributed by atoms with E-state index < -0.39 is 11.6 Å². The summed E-state index contributed by atoms with van der Waals surface area (Å²) in [5.41, 5.74) is 5.08. The van der Waals surface area contributed by atoms with Crippen molar-refractivity contribution in [3.63, 3.8) is 0 Å². The average molecular weight is 483 g/mol. The summed E-state index contributed by atoms with van der Waals surface area (Å²) in [5, 5.41) is 7.48. The van der Waals surface area contributed by atoms with Gasteiger partial charge in [0, 0.05) is 34.9 Å². The monoisotopic (exact) mass is 482 g/mol. The molecular formula is C28H22N2O4S. The van der Waals surface area contributed by atoms with Crippen molar-refractivity contribution < 1.29 is 13.9 Å². The number of aryl methyl sites for hydroxylation is 2. The minimum Gasteiger partial charge on any atom is -0.458 e. The van der Waals surface area contributed by atoms with E-state index in [1.807, 2.05) is 80.0 Å². The standard InChI is InChI=1S/C28H22N2O4S/c1-18-10-12-23-21(15-26(32)34-28(23)19(18)2)17-33-25(31)13-11-20-16-30(22-7-4-3-5-8-22)29-27(20)24-9-6-14-35-24/h3-16H,17H2,1-2H3. The van der Waals surface area contributed by atoms with Gasteiger partial charge >= 0.3 is 11.6 Å². The van der Waals surface area contributed by atoms with Gasteiger partial charge in [-0.05, 0) is 54.6 Å². The maximum absolute atomic E-state index is 12.6. The maximum Gasteiger partial charge on any atom is 0.336 e. The molecule has 3 aromatic heterocycles. The number of carbonyl (C=O) groups excluding carboxylic acids is 1. The molecule has 0 unspecified atom stereocenters. The summed E-state index contributed by atoms with van der Waals surface area (Å²) in [4.78, 5) is 25.6. The third-order valence-corrected chi connectivity index (χ3v) is 6.68. The van der Waals surface area contributed by atoms with Gasteiger partial charge < -0.3 is 9.15 Å². The highest BCUT2D eigenvalue weighted by Gasteiger charge is 2.13. The zero-order valence-electron chi connectivity index (χ0n) is 19.2. The van der Waals surface area contributed by atoms with Gasteiger partial charge in [-0.15, -0.1) is 11.3 Å². The summed E-state index contributed by atoms with van der Waals surface area (Å²) in [6.45, 7) is 3.82. The van der Waals surface area contributed by atoms with Gasteiger partial charge in [-0.1, -0.05) is 36.4 Å². The highest BCUT2D eigenvalue weighted by molar-refractivity contribution is 7.13. The summed E-state index contributed by atoms with van der Waals surface area (Å²) in [7, 11) is 0. The molecule has 0 aliphatic carbocycles. The number of esters is 1. The zero-order valence-corrected chi connectivity index (χ0v) is 20.0. The van der Waals surface area contributed by atoms with Crippen LogP contribution in [0.25, 0.3) is 33.3 Å². The number of fused-ring (bicyclic) bond motifs is 1. The fourth-order valence-electron chi connectivity index (χ4n) is 3.83.